The number of rotatable bonds is 4. The van der Waals surface area contributed by atoms with Crippen molar-refractivity contribution in [3.05, 3.63) is 64.3 Å². The Morgan fingerprint density at radius 3 is 3.00 bits per heavy atom. The first-order chi connectivity index (χ1) is 13.3. The Kier molecular flexibility index (Phi) is 3.86. The van der Waals surface area contributed by atoms with E-state index in [1.807, 2.05) is 18.2 Å². The highest BCUT2D eigenvalue weighted by Crippen LogP contribution is 2.36. The van der Waals surface area contributed by atoms with Gasteiger partial charge in [0.05, 0.1) is 19.4 Å². The summed E-state index contributed by atoms with van der Waals surface area (Å²) in [6.45, 7) is 1.23. The number of hydrogen-bond donors (Lipinski definition) is 2. The van der Waals surface area contributed by atoms with Crippen LogP contribution in [0.5, 0.6) is 0 Å². The lowest BCUT2D eigenvalue weighted by Crippen LogP contribution is -2.22. The Balaban J connectivity index is 1.30. The second kappa shape index (κ2) is 6.51. The summed E-state index contributed by atoms with van der Waals surface area (Å²) in [7, 11) is 0. The average Bonchev–Trinajstić information content (AvgIpc) is 3.45. The molecule has 27 heavy (non-hydrogen) atoms. The SMILES string of the molecule is O=c1c2c(ncn1Cc1nc([C@@H]3CO[C@@H](c4ccccc4)C3)no1)NCN2. The van der Waals surface area contributed by atoms with E-state index in [1.165, 1.54) is 10.9 Å². The molecule has 2 aliphatic rings. The fraction of sp³-hybridized carbons (Fsp3) is 0.333. The Morgan fingerprint density at radius 1 is 1.22 bits per heavy atom. The molecule has 0 saturated carbocycles. The quantitative estimate of drug-likeness (QED) is 0.719. The molecular weight excluding hydrogens is 348 g/mol. The average molecular weight is 366 g/mol. The molecule has 0 aliphatic carbocycles. The number of hydrogen-bond acceptors (Lipinski definition) is 8. The number of nitrogens with one attached hydrogen (secondary N) is 2. The summed E-state index contributed by atoms with van der Waals surface area (Å²) in [4.78, 5) is 21.1. The van der Waals surface area contributed by atoms with Crippen LogP contribution < -0.4 is 16.2 Å². The zero-order valence-corrected chi connectivity index (χ0v) is 14.5. The molecule has 1 fully saturated rings. The van der Waals surface area contributed by atoms with E-state index in [1.54, 1.807) is 0 Å². The Hall–Kier alpha value is -3.20. The molecule has 1 aromatic carbocycles. The third-order valence-electron chi connectivity index (χ3n) is 4.88. The van der Waals surface area contributed by atoms with Gasteiger partial charge in [0.25, 0.3) is 5.56 Å². The molecule has 0 spiro atoms. The van der Waals surface area contributed by atoms with Crippen LogP contribution >= 0.6 is 0 Å². The molecule has 3 aromatic rings. The predicted molar refractivity (Wildman–Crippen MR) is 96.5 cm³/mol. The smallest absolute Gasteiger partial charge is 0.279 e. The molecule has 0 amide bonds. The van der Waals surface area contributed by atoms with Gasteiger partial charge in [-0.2, -0.15) is 4.98 Å². The second-order valence-corrected chi connectivity index (χ2v) is 6.64. The molecule has 4 heterocycles. The summed E-state index contributed by atoms with van der Waals surface area (Å²) < 4.78 is 12.7. The van der Waals surface area contributed by atoms with Crippen LogP contribution in [-0.4, -0.2) is 33.0 Å². The maximum Gasteiger partial charge on any atom is 0.279 e. The van der Waals surface area contributed by atoms with Crippen LogP contribution in [-0.2, 0) is 11.3 Å². The first-order valence-corrected chi connectivity index (χ1v) is 8.84. The van der Waals surface area contributed by atoms with Gasteiger partial charge >= 0.3 is 0 Å². The molecule has 2 aliphatic heterocycles. The number of benzene rings is 1. The van der Waals surface area contributed by atoms with Crippen molar-refractivity contribution in [1.82, 2.24) is 19.7 Å². The van der Waals surface area contributed by atoms with Gasteiger partial charge in [0, 0.05) is 5.92 Å². The molecule has 0 unspecified atom stereocenters. The summed E-state index contributed by atoms with van der Waals surface area (Å²) in [5.41, 5.74) is 1.45. The highest BCUT2D eigenvalue weighted by molar-refractivity contribution is 5.67. The standard InChI is InChI=1S/C18H18N6O3/c25-18-15-17(20-9-19-15)21-10-24(18)7-14-22-16(23-27-14)12-6-13(26-8-12)11-4-2-1-3-5-11/h1-5,10,12-13,19-20H,6-9H2/t12-,13+/m0/s1. The van der Waals surface area contributed by atoms with E-state index in [-0.39, 0.29) is 24.1 Å². The zero-order chi connectivity index (χ0) is 18.2. The lowest BCUT2D eigenvalue weighted by molar-refractivity contribution is 0.110. The molecule has 5 rings (SSSR count). The number of nitrogens with zero attached hydrogens (tertiary/aromatic N) is 4. The Morgan fingerprint density at radius 2 is 2.11 bits per heavy atom. The molecule has 2 aromatic heterocycles. The van der Waals surface area contributed by atoms with Gasteiger partial charge in [-0.25, -0.2) is 4.98 Å². The Labute approximate surface area is 154 Å². The molecule has 9 nitrogen and oxygen atoms in total. The summed E-state index contributed by atoms with van der Waals surface area (Å²) in [6, 6.07) is 10.1. The molecule has 2 N–H and O–H groups in total. The first-order valence-electron chi connectivity index (χ1n) is 8.84. The maximum atomic E-state index is 12.4. The highest BCUT2D eigenvalue weighted by Gasteiger charge is 2.31. The molecule has 138 valence electrons. The van der Waals surface area contributed by atoms with Crippen molar-refractivity contribution >= 4 is 11.5 Å². The van der Waals surface area contributed by atoms with Crippen molar-refractivity contribution in [2.24, 2.45) is 0 Å². The van der Waals surface area contributed by atoms with Gasteiger partial charge in [-0.05, 0) is 12.0 Å². The normalized spacial score (nSPS) is 20.9. The van der Waals surface area contributed by atoms with Gasteiger partial charge in [-0.1, -0.05) is 35.5 Å². The van der Waals surface area contributed by atoms with Crippen molar-refractivity contribution in [2.45, 2.75) is 25.0 Å². The van der Waals surface area contributed by atoms with E-state index in [4.69, 9.17) is 9.26 Å². The van der Waals surface area contributed by atoms with Crippen LogP contribution in [0.4, 0.5) is 11.5 Å². The summed E-state index contributed by atoms with van der Waals surface area (Å²) in [5, 5.41) is 10.1. The first kappa shape index (κ1) is 16.0. The van der Waals surface area contributed by atoms with Crippen LogP contribution in [0, 0.1) is 0 Å². The third-order valence-corrected chi connectivity index (χ3v) is 4.88. The van der Waals surface area contributed by atoms with Gasteiger partial charge in [-0.3, -0.25) is 9.36 Å². The van der Waals surface area contributed by atoms with Gasteiger partial charge in [0.15, 0.2) is 11.6 Å². The van der Waals surface area contributed by atoms with Gasteiger partial charge in [0.2, 0.25) is 5.89 Å². The third kappa shape index (κ3) is 2.95. The molecule has 2 atom stereocenters. The number of aromatic nitrogens is 4. The van der Waals surface area contributed by atoms with E-state index in [9.17, 15) is 4.79 Å². The lowest BCUT2D eigenvalue weighted by Gasteiger charge is -2.08. The summed E-state index contributed by atoms with van der Waals surface area (Å²) in [6.07, 6.45) is 2.33. The van der Waals surface area contributed by atoms with Crippen LogP contribution in [0.25, 0.3) is 0 Å². The topological polar surface area (TPSA) is 107 Å². The van der Waals surface area contributed by atoms with Crippen molar-refractivity contribution in [1.29, 1.82) is 0 Å². The molecule has 9 heteroatoms. The number of anilines is 2. The monoisotopic (exact) mass is 366 g/mol. The van der Waals surface area contributed by atoms with Gasteiger partial charge in [-0.15, -0.1) is 0 Å². The van der Waals surface area contributed by atoms with Crippen molar-refractivity contribution in [3.63, 3.8) is 0 Å². The molecule has 0 bridgehead atoms. The Bertz CT molecular complexity index is 1020. The van der Waals surface area contributed by atoms with Crippen LogP contribution in [0.3, 0.4) is 0 Å². The molecule has 0 radical (unpaired) electrons. The van der Waals surface area contributed by atoms with Crippen molar-refractivity contribution < 1.29 is 9.26 Å². The predicted octanol–water partition coefficient (Wildman–Crippen LogP) is 1.71. The fourth-order valence-electron chi connectivity index (χ4n) is 3.46. The fourth-order valence-corrected chi connectivity index (χ4v) is 3.46. The minimum Gasteiger partial charge on any atom is -0.373 e. The number of fused-ring (bicyclic) bond motifs is 1. The lowest BCUT2D eigenvalue weighted by atomic mass is 10.0. The zero-order valence-electron chi connectivity index (χ0n) is 14.5. The van der Waals surface area contributed by atoms with Crippen LogP contribution in [0.1, 0.15) is 35.7 Å². The minimum absolute atomic E-state index is 0.0419. The van der Waals surface area contributed by atoms with E-state index in [0.717, 1.165) is 12.0 Å². The van der Waals surface area contributed by atoms with Gasteiger partial charge < -0.3 is 19.9 Å². The van der Waals surface area contributed by atoms with E-state index in [2.05, 4.69) is 37.9 Å². The largest absolute Gasteiger partial charge is 0.373 e. The highest BCUT2D eigenvalue weighted by atomic mass is 16.5. The van der Waals surface area contributed by atoms with Gasteiger partial charge in [0.1, 0.15) is 18.6 Å². The van der Waals surface area contributed by atoms with E-state index < -0.39 is 0 Å². The summed E-state index contributed by atoms with van der Waals surface area (Å²) >= 11 is 0. The van der Waals surface area contributed by atoms with E-state index in [0.29, 0.717) is 36.5 Å². The molecule has 1 saturated heterocycles. The number of ether oxygens (including phenoxy) is 1. The van der Waals surface area contributed by atoms with Crippen LogP contribution in [0.15, 0.2) is 46.0 Å². The maximum absolute atomic E-state index is 12.4. The molecular formula is C18H18N6O3. The van der Waals surface area contributed by atoms with E-state index >= 15 is 0 Å². The van der Waals surface area contributed by atoms with Crippen molar-refractivity contribution in [3.8, 4) is 0 Å². The summed E-state index contributed by atoms with van der Waals surface area (Å²) in [5.74, 6) is 1.64. The van der Waals surface area contributed by atoms with Crippen LogP contribution in [0.2, 0.25) is 0 Å². The minimum atomic E-state index is -0.168. The van der Waals surface area contributed by atoms with Crippen molar-refractivity contribution in [2.75, 3.05) is 23.9 Å². The second-order valence-electron chi connectivity index (χ2n) is 6.64.